The number of carbonyl (C=O) groups is 1. The Balaban J connectivity index is 1.91. The number of hydrogen-bond donors (Lipinski definition) is 5. The molecule has 0 amide bonds. The first-order chi connectivity index (χ1) is 21.2. The topological polar surface area (TPSA) is 146 Å². The first kappa shape index (κ1) is 41.0. The summed E-state index contributed by atoms with van der Waals surface area (Å²) in [5, 5.41) is 50.6. The monoisotopic (exact) mass is 630 g/mol. The van der Waals surface area contributed by atoms with E-state index in [9.17, 15) is 30.3 Å². The van der Waals surface area contributed by atoms with Gasteiger partial charge in [-0.2, -0.15) is 0 Å². The Kier molecular flexibility index (Phi) is 25.2. The SMILES string of the molecule is CCCCCCCCCC[C@H](O)COC[C@@H](O)[C@H](O)COC[C@@H](O)CCCC[C@H](O)CCCCCCCC1=C[C@H](C)OC1=O. The van der Waals surface area contributed by atoms with Gasteiger partial charge in [-0.15, -0.1) is 0 Å². The van der Waals surface area contributed by atoms with Crippen molar-refractivity contribution in [3.63, 3.8) is 0 Å². The highest BCUT2D eigenvalue weighted by Crippen LogP contribution is 2.20. The van der Waals surface area contributed by atoms with Gasteiger partial charge in [0, 0.05) is 5.57 Å². The molecule has 9 nitrogen and oxygen atoms in total. The van der Waals surface area contributed by atoms with E-state index in [0.717, 1.165) is 76.2 Å². The molecule has 0 aromatic carbocycles. The summed E-state index contributed by atoms with van der Waals surface area (Å²) < 4.78 is 15.9. The molecule has 0 aromatic rings. The average Bonchev–Trinajstić information content (AvgIpc) is 3.32. The van der Waals surface area contributed by atoms with Crippen molar-refractivity contribution in [2.24, 2.45) is 0 Å². The van der Waals surface area contributed by atoms with Crippen LogP contribution < -0.4 is 0 Å². The van der Waals surface area contributed by atoms with Crippen molar-refractivity contribution in [1.29, 1.82) is 0 Å². The fourth-order valence-electron chi connectivity index (χ4n) is 5.50. The fourth-order valence-corrected chi connectivity index (χ4v) is 5.50. The number of cyclic esters (lactones) is 1. The van der Waals surface area contributed by atoms with Crippen LogP contribution in [0.5, 0.6) is 0 Å². The molecule has 0 aliphatic carbocycles. The lowest BCUT2D eigenvalue weighted by atomic mass is 10.0. The zero-order chi connectivity index (χ0) is 32.4. The van der Waals surface area contributed by atoms with Gasteiger partial charge in [0.05, 0.1) is 44.7 Å². The highest BCUT2D eigenvalue weighted by molar-refractivity contribution is 5.90. The van der Waals surface area contributed by atoms with Crippen LogP contribution >= 0.6 is 0 Å². The van der Waals surface area contributed by atoms with E-state index in [-0.39, 0.29) is 44.6 Å². The number of carbonyl (C=O) groups excluding carboxylic acids is 1. The van der Waals surface area contributed by atoms with E-state index in [1.165, 1.54) is 38.5 Å². The van der Waals surface area contributed by atoms with Gasteiger partial charge in [0.25, 0.3) is 0 Å². The number of ether oxygens (including phenoxy) is 3. The summed E-state index contributed by atoms with van der Waals surface area (Å²) in [5.41, 5.74) is 0.804. The lowest BCUT2D eigenvalue weighted by Crippen LogP contribution is -2.36. The molecular weight excluding hydrogens is 564 g/mol. The lowest BCUT2D eigenvalue weighted by molar-refractivity contribution is -0.139. The molecule has 9 heteroatoms. The van der Waals surface area contributed by atoms with Crippen molar-refractivity contribution >= 4 is 5.97 Å². The van der Waals surface area contributed by atoms with Gasteiger partial charge in [0.2, 0.25) is 0 Å². The first-order valence-corrected chi connectivity index (χ1v) is 17.7. The average molecular weight is 631 g/mol. The maximum atomic E-state index is 11.6. The van der Waals surface area contributed by atoms with Crippen LogP contribution in [-0.2, 0) is 19.0 Å². The number of aliphatic hydroxyl groups excluding tert-OH is 5. The molecule has 0 fully saturated rings. The lowest BCUT2D eigenvalue weighted by Gasteiger charge is -2.20. The molecule has 5 N–H and O–H groups in total. The van der Waals surface area contributed by atoms with E-state index in [1.807, 2.05) is 13.0 Å². The fraction of sp³-hybridized carbons (Fsp3) is 0.914. The van der Waals surface area contributed by atoms with Gasteiger partial charge in [-0.25, -0.2) is 4.79 Å². The summed E-state index contributed by atoms with van der Waals surface area (Å²) in [6.07, 6.45) is 18.0. The quantitative estimate of drug-likeness (QED) is 0.0494. The van der Waals surface area contributed by atoms with Crippen molar-refractivity contribution in [2.75, 3.05) is 26.4 Å². The van der Waals surface area contributed by atoms with E-state index in [2.05, 4.69) is 6.92 Å². The minimum absolute atomic E-state index is 0.0714. The predicted octanol–water partition coefficient (Wildman–Crippen LogP) is 5.52. The molecule has 1 heterocycles. The Hall–Kier alpha value is -1.07. The van der Waals surface area contributed by atoms with Crippen LogP contribution in [0.3, 0.4) is 0 Å². The van der Waals surface area contributed by atoms with Crippen molar-refractivity contribution in [2.45, 2.75) is 179 Å². The number of esters is 1. The second-order valence-electron chi connectivity index (χ2n) is 12.8. The van der Waals surface area contributed by atoms with Gasteiger partial charge in [-0.3, -0.25) is 0 Å². The Morgan fingerprint density at radius 3 is 1.48 bits per heavy atom. The highest BCUT2D eigenvalue weighted by Gasteiger charge is 2.21. The maximum Gasteiger partial charge on any atom is 0.334 e. The summed E-state index contributed by atoms with van der Waals surface area (Å²) in [6, 6.07) is 0. The summed E-state index contributed by atoms with van der Waals surface area (Å²) in [7, 11) is 0. The van der Waals surface area contributed by atoms with Gasteiger partial charge in [0.1, 0.15) is 18.3 Å². The number of rotatable bonds is 31. The summed E-state index contributed by atoms with van der Waals surface area (Å²) in [5.74, 6) is -0.173. The summed E-state index contributed by atoms with van der Waals surface area (Å²) >= 11 is 0. The van der Waals surface area contributed by atoms with Gasteiger partial charge in [-0.05, 0) is 51.5 Å². The van der Waals surface area contributed by atoms with Crippen molar-refractivity contribution in [3.05, 3.63) is 11.6 Å². The predicted molar refractivity (Wildman–Crippen MR) is 173 cm³/mol. The molecule has 44 heavy (non-hydrogen) atoms. The third-order valence-corrected chi connectivity index (χ3v) is 8.33. The molecule has 260 valence electrons. The number of aliphatic hydroxyl groups is 5. The Labute approximate surface area is 267 Å². The minimum Gasteiger partial charge on any atom is -0.455 e. The van der Waals surface area contributed by atoms with Crippen molar-refractivity contribution < 1.29 is 44.5 Å². The van der Waals surface area contributed by atoms with E-state index >= 15 is 0 Å². The van der Waals surface area contributed by atoms with Gasteiger partial charge in [-0.1, -0.05) is 96.8 Å². The Morgan fingerprint density at radius 1 is 0.614 bits per heavy atom. The second kappa shape index (κ2) is 27.1. The number of hydrogen-bond acceptors (Lipinski definition) is 9. The van der Waals surface area contributed by atoms with Gasteiger partial charge >= 0.3 is 5.97 Å². The maximum absolute atomic E-state index is 11.6. The molecular formula is C35H66O9. The van der Waals surface area contributed by atoms with Crippen LogP contribution in [0.2, 0.25) is 0 Å². The third-order valence-electron chi connectivity index (χ3n) is 8.33. The molecule has 0 saturated heterocycles. The second-order valence-corrected chi connectivity index (χ2v) is 12.8. The molecule has 1 aliphatic heterocycles. The van der Waals surface area contributed by atoms with Gasteiger partial charge in [0.15, 0.2) is 0 Å². The zero-order valence-electron chi connectivity index (χ0n) is 27.9. The van der Waals surface area contributed by atoms with Crippen LogP contribution in [0.4, 0.5) is 0 Å². The van der Waals surface area contributed by atoms with Crippen LogP contribution in [0, 0.1) is 0 Å². The standard InChI is InChI=1S/C35H66O9/c1-3-4-5-6-7-8-11-15-21-31(37)24-42-26-33(39)34(40)27-43-25-32(38)22-17-16-20-30(36)19-14-12-9-10-13-18-29-23-28(2)44-35(29)41/h23,28,30-34,36-40H,3-22,24-27H2,1-2H3/t28-,30+,31-,32-,33+,34+/m0/s1. The normalized spacial score (nSPS) is 18.6. The van der Waals surface area contributed by atoms with E-state index < -0.39 is 24.4 Å². The van der Waals surface area contributed by atoms with Crippen LogP contribution in [0.15, 0.2) is 11.6 Å². The molecule has 0 bridgehead atoms. The Bertz CT molecular complexity index is 716. The van der Waals surface area contributed by atoms with Crippen molar-refractivity contribution in [1.82, 2.24) is 0 Å². The summed E-state index contributed by atoms with van der Waals surface area (Å²) in [4.78, 5) is 11.6. The summed E-state index contributed by atoms with van der Waals surface area (Å²) in [6.45, 7) is 4.10. The molecule has 1 aliphatic rings. The van der Waals surface area contributed by atoms with Gasteiger partial charge < -0.3 is 39.7 Å². The van der Waals surface area contributed by atoms with E-state index in [0.29, 0.717) is 19.3 Å². The van der Waals surface area contributed by atoms with Crippen LogP contribution in [-0.4, -0.2) is 94.6 Å². The van der Waals surface area contributed by atoms with E-state index in [4.69, 9.17) is 14.2 Å². The molecule has 0 aromatic heterocycles. The van der Waals surface area contributed by atoms with Crippen LogP contribution in [0.25, 0.3) is 0 Å². The molecule has 0 spiro atoms. The molecule has 0 saturated carbocycles. The first-order valence-electron chi connectivity index (χ1n) is 17.7. The molecule has 0 unspecified atom stereocenters. The highest BCUT2D eigenvalue weighted by atomic mass is 16.5. The van der Waals surface area contributed by atoms with E-state index in [1.54, 1.807) is 0 Å². The number of unbranched alkanes of at least 4 members (excludes halogenated alkanes) is 12. The zero-order valence-corrected chi connectivity index (χ0v) is 27.9. The minimum atomic E-state index is -1.13. The molecule has 6 atom stereocenters. The molecule has 0 radical (unpaired) electrons. The van der Waals surface area contributed by atoms with Crippen molar-refractivity contribution in [3.8, 4) is 0 Å². The van der Waals surface area contributed by atoms with Crippen LogP contribution in [0.1, 0.15) is 142 Å². The Morgan fingerprint density at radius 2 is 1.02 bits per heavy atom. The smallest absolute Gasteiger partial charge is 0.334 e. The largest absolute Gasteiger partial charge is 0.455 e. The third kappa shape index (κ3) is 22.4. The molecule has 1 rings (SSSR count).